The van der Waals surface area contributed by atoms with Crippen LogP contribution in [0.15, 0.2) is 61.2 Å². The summed E-state index contributed by atoms with van der Waals surface area (Å²) < 4.78 is 64.6. The number of ether oxygens (including phenoxy) is 1. The number of rotatable bonds is 7. The Bertz CT molecular complexity index is 2030. The summed E-state index contributed by atoms with van der Waals surface area (Å²) in [6, 6.07) is 11.7. The molecule has 0 bridgehead atoms. The monoisotopic (exact) mass is 601 g/mol. The third-order valence-corrected chi connectivity index (χ3v) is 7.93. The highest BCUT2D eigenvalue weighted by atomic mass is 19.4. The Morgan fingerprint density at radius 3 is 2.43 bits per heavy atom. The zero-order valence-electron chi connectivity index (χ0n) is 24.1. The van der Waals surface area contributed by atoms with Crippen LogP contribution in [0.3, 0.4) is 0 Å². The van der Waals surface area contributed by atoms with Gasteiger partial charge in [0.25, 0.3) is 0 Å². The molecule has 0 atom stereocenters. The fraction of sp³-hybridized carbons (Fsp3) is 0.281. The molecule has 1 aliphatic carbocycles. The second-order valence-electron chi connectivity index (χ2n) is 11.2. The number of imidazole rings is 1. The number of fused-ring (bicyclic) bond motifs is 3. The molecule has 1 saturated carbocycles. The normalized spacial score (nSPS) is 13.8. The van der Waals surface area contributed by atoms with Crippen molar-refractivity contribution >= 4 is 21.9 Å². The standard InChI is InChI=1S/C32H27F4N7O/c1-17(2)42-15-24(32(34,35)36)40-29(42)20-9-7-18(8-10-20)14-43-27-21(5-4-6-23(27)33)22-13-37-28(41-30(22)43)25-26(19-11-12-19)38-16-39-31(25)44-3/h4-10,13,15-17,19H,11-12,14H2,1-3H3. The molecule has 2 aromatic carbocycles. The van der Waals surface area contributed by atoms with Crippen LogP contribution in [0.2, 0.25) is 0 Å². The van der Waals surface area contributed by atoms with Crippen LogP contribution in [-0.2, 0) is 12.7 Å². The average Bonchev–Trinajstić information content (AvgIpc) is 3.67. The van der Waals surface area contributed by atoms with Crippen molar-refractivity contribution in [2.75, 3.05) is 7.11 Å². The van der Waals surface area contributed by atoms with Crippen molar-refractivity contribution in [2.45, 2.75) is 51.4 Å². The van der Waals surface area contributed by atoms with Crippen molar-refractivity contribution in [1.29, 1.82) is 0 Å². The third-order valence-electron chi connectivity index (χ3n) is 7.93. The van der Waals surface area contributed by atoms with E-state index in [2.05, 4.69) is 19.9 Å². The molecule has 7 rings (SSSR count). The van der Waals surface area contributed by atoms with E-state index in [4.69, 9.17) is 9.72 Å². The Morgan fingerprint density at radius 1 is 0.977 bits per heavy atom. The molecule has 0 amide bonds. The molecule has 0 radical (unpaired) electrons. The molecule has 4 aromatic heterocycles. The molecule has 0 aliphatic heterocycles. The van der Waals surface area contributed by atoms with Crippen LogP contribution in [0, 0.1) is 5.82 Å². The predicted molar refractivity (Wildman–Crippen MR) is 157 cm³/mol. The van der Waals surface area contributed by atoms with Crippen LogP contribution in [0.1, 0.15) is 55.6 Å². The van der Waals surface area contributed by atoms with E-state index in [0.29, 0.717) is 44.8 Å². The number of aromatic nitrogens is 7. The Labute approximate surface area is 249 Å². The van der Waals surface area contributed by atoms with Gasteiger partial charge >= 0.3 is 6.18 Å². The van der Waals surface area contributed by atoms with E-state index in [0.717, 1.165) is 30.3 Å². The lowest BCUT2D eigenvalue weighted by Crippen LogP contribution is -2.05. The third kappa shape index (κ3) is 4.74. The largest absolute Gasteiger partial charge is 0.480 e. The number of methoxy groups -OCH3 is 1. The Kier molecular flexibility index (Phi) is 6.60. The highest BCUT2D eigenvalue weighted by Gasteiger charge is 2.35. The quantitative estimate of drug-likeness (QED) is 0.176. The maximum Gasteiger partial charge on any atom is 0.434 e. The van der Waals surface area contributed by atoms with Crippen LogP contribution in [0.5, 0.6) is 5.88 Å². The lowest BCUT2D eigenvalue weighted by molar-refractivity contribution is -0.140. The van der Waals surface area contributed by atoms with Crippen LogP contribution in [0.25, 0.3) is 44.7 Å². The van der Waals surface area contributed by atoms with Gasteiger partial charge in [0.1, 0.15) is 29.2 Å². The van der Waals surface area contributed by atoms with Crippen molar-refractivity contribution in [1.82, 2.24) is 34.1 Å². The van der Waals surface area contributed by atoms with Crippen molar-refractivity contribution in [2.24, 2.45) is 0 Å². The molecule has 6 aromatic rings. The number of nitrogens with zero attached hydrogens (tertiary/aromatic N) is 7. The highest BCUT2D eigenvalue weighted by Crippen LogP contribution is 2.45. The molecule has 224 valence electrons. The van der Waals surface area contributed by atoms with Crippen LogP contribution in [-0.4, -0.2) is 41.2 Å². The molecule has 0 spiro atoms. The molecule has 0 unspecified atom stereocenters. The maximum atomic E-state index is 15.4. The van der Waals surface area contributed by atoms with Crippen molar-refractivity contribution in [3.63, 3.8) is 0 Å². The van der Waals surface area contributed by atoms with Gasteiger partial charge in [-0.15, -0.1) is 0 Å². The van der Waals surface area contributed by atoms with Crippen LogP contribution in [0.4, 0.5) is 17.6 Å². The average molecular weight is 602 g/mol. The van der Waals surface area contributed by atoms with E-state index in [9.17, 15) is 13.2 Å². The molecular weight excluding hydrogens is 574 g/mol. The zero-order valence-corrected chi connectivity index (χ0v) is 24.1. The summed E-state index contributed by atoms with van der Waals surface area (Å²) >= 11 is 0. The number of halogens is 4. The molecular formula is C32H27F4N7O. The van der Waals surface area contributed by atoms with Gasteiger partial charge in [0.05, 0.1) is 18.3 Å². The van der Waals surface area contributed by atoms with E-state index in [1.807, 2.05) is 18.2 Å². The van der Waals surface area contributed by atoms with Crippen molar-refractivity contribution in [3.8, 4) is 28.7 Å². The van der Waals surface area contributed by atoms with E-state index >= 15 is 4.39 Å². The summed E-state index contributed by atoms with van der Waals surface area (Å²) in [6.07, 6.45) is 1.66. The van der Waals surface area contributed by atoms with Crippen molar-refractivity contribution < 1.29 is 22.3 Å². The zero-order chi connectivity index (χ0) is 30.7. The van der Waals surface area contributed by atoms with E-state index in [-0.39, 0.29) is 24.3 Å². The van der Waals surface area contributed by atoms with E-state index in [1.165, 1.54) is 24.1 Å². The highest BCUT2D eigenvalue weighted by molar-refractivity contribution is 6.07. The maximum absolute atomic E-state index is 15.4. The smallest absolute Gasteiger partial charge is 0.434 e. The second-order valence-corrected chi connectivity index (χ2v) is 11.2. The second kappa shape index (κ2) is 10.4. The van der Waals surface area contributed by atoms with Gasteiger partial charge in [-0.2, -0.15) is 13.2 Å². The number of para-hydroxylation sites is 1. The summed E-state index contributed by atoms with van der Waals surface area (Å²) in [5.74, 6) is 0.861. The SMILES string of the molecule is COc1ncnc(C2CC2)c1-c1ncc2c3cccc(F)c3n(Cc3ccc(-c4nc(C(F)(F)F)cn4C(C)C)cc3)c2n1. The van der Waals surface area contributed by atoms with Crippen LogP contribution < -0.4 is 4.74 Å². The number of alkyl halides is 3. The minimum absolute atomic E-state index is 0.225. The molecule has 12 heteroatoms. The summed E-state index contributed by atoms with van der Waals surface area (Å²) in [7, 11) is 1.54. The van der Waals surface area contributed by atoms with Crippen LogP contribution >= 0.6 is 0 Å². The topological polar surface area (TPSA) is 83.5 Å². The number of hydrogen-bond donors (Lipinski definition) is 0. The van der Waals surface area contributed by atoms with Gasteiger partial charge in [0, 0.05) is 47.2 Å². The Hall–Kier alpha value is -4.87. The van der Waals surface area contributed by atoms with Gasteiger partial charge in [-0.25, -0.2) is 29.3 Å². The first-order valence-corrected chi connectivity index (χ1v) is 14.2. The molecule has 4 heterocycles. The molecule has 8 nitrogen and oxygen atoms in total. The molecule has 44 heavy (non-hydrogen) atoms. The minimum Gasteiger partial charge on any atom is -0.480 e. The Balaban J connectivity index is 1.33. The lowest BCUT2D eigenvalue weighted by Gasteiger charge is -2.13. The fourth-order valence-electron chi connectivity index (χ4n) is 5.65. The van der Waals surface area contributed by atoms with Gasteiger partial charge in [-0.3, -0.25) is 0 Å². The number of hydrogen-bond acceptors (Lipinski definition) is 6. The first-order valence-electron chi connectivity index (χ1n) is 14.2. The van der Waals surface area contributed by atoms with Gasteiger partial charge in [-0.1, -0.05) is 36.4 Å². The number of benzene rings is 2. The van der Waals surface area contributed by atoms with E-state index < -0.39 is 17.7 Å². The molecule has 1 fully saturated rings. The first kappa shape index (κ1) is 27.9. The first-order chi connectivity index (χ1) is 21.1. The van der Waals surface area contributed by atoms with Gasteiger partial charge in [-0.05, 0) is 38.3 Å². The molecule has 1 aliphatic rings. The Morgan fingerprint density at radius 2 is 1.75 bits per heavy atom. The van der Waals surface area contributed by atoms with Gasteiger partial charge in [0.2, 0.25) is 5.88 Å². The minimum atomic E-state index is -4.55. The van der Waals surface area contributed by atoms with E-state index in [1.54, 1.807) is 42.8 Å². The summed E-state index contributed by atoms with van der Waals surface area (Å²) in [5, 5.41) is 1.35. The predicted octanol–water partition coefficient (Wildman–Crippen LogP) is 7.58. The molecule has 0 saturated heterocycles. The molecule has 0 N–H and O–H groups in total. The lowest BCUT2D eigenvalue weighted by atomic mass is 10.1. The summed E-state index contributed by atoms with van der Waals surface area (Å²) in [5.41, 5.74) is 2.76. The summed E-state index contributed by atoms with van der Waals surface area (Å²) in [6.45, 7) is 3.86. The van der Waals surface area contributed by atoms with Crippen molar-refractivity contribution in [3.05, 3.63) is 84.0 Å². The fourth-order valence-corrected chi connectivity index (χ4v) is 5.65. The van der Waals surface area contributed by atoms with Gasteiger partial charge in [0.15, 0.2) is 11.5 Å². The summed E-state index contributed by atoms with van der Waals surface area (Å²) in [4.78, 5) is 22.3. The van der Waals surface area contributed by atoms with Gasteiger partial charge < -0.3 is 13.9 Å².